The number of hydrogen-bond donors (Lipinski definition) is 2. The molecule has 0 spiro atoms. The highest BCUT2D eigenvalue weighted by Crippen LogP contribution is 2.38. The summed E-state index contributed by atoms with van der Waals surface area (Å²) in [4.78, 5) is 16.2. The number of benzene rings is 2. The van der Waals surface area contributed by atoms with Crippen LogP contribution in [0.5, 0.6) is 11.6 Å². The smallest absolute Gasteiger partial charge is 0.335 e. The molecular weight excluding hydrogens is 396 g/mol. The number of rotatable bonds is 4. The van der Waals surface area contributed by atoms with Crippen LogP contribution in [0, 0.1) is 3.95 Å². The van der Waals surface area contributed by atoms with Gasteiger partial charge in [-0.15, -0.1) is 11.3 Å². The van der Waals surface area contributed by atoms with E-state index in [-0.39, 0.29) is 11.4 Å². The monoisotopic (exact) mass is 410 g/mol. The third kappa shape index (κ3) is 3.12. The predicted octanol–water partition coefficient (Wildman–Crippen LogP) is 4.94. The molecule has 2 N–H and O–H groups in total. The number of aliphatic imine (C=N–C) groups is 1. The minimum atomic E-state index is -1.04. The first-order valence-electron chi connectivity index (χ1n) is 8.20. The highest BCUT2D eigenvalue weighted by atomic mass is 32.1. The Kier molecular flexibility index (Phi) is 4.58. The van der Waals surface area contributed by atoms with Crippen LogP contribution < -0.4 is 4.74 Å². The van der Waals surface area contributed by atoms with Gasteiger partial charge in [0.2, 0.25) is 5.88 Å². The number of carbonyl (C=O) groups is 1. The first-order chi connectivity index (χ1) is 13.5. The third-order valence-electron chi connectivity index (χ3n) is 4.31. The molecule has 0 unspecified atom stereocenters. The van der Waals surface area contributed by atoms with Crippen molar-refractivity contribution in [1.82, 2.24) is 4.57 Å². The van der Waals surface area contributed by atoms with Gasteiger partial charge in [-0.1, -0.05) is 6.07 Å². The van der Waals surface area contributed by atoms with E-state index < -0.39 is 5.97 Å². The molecule has 4 rings (SSSR count). The van der Waals surface area contributed by atoms with E-state index in [4.69, 9.17) is 17.0 Å². The molecule has 3 aromatic rings. The Morgan fingerprint density at radius 3 is 2.86 bits per heavy atom. The Morgan fingerprint density at radius 2 is 2.11 bits per heavy atom. The topological polar surface area (TPSA) is 84.1 Å². The molecule has 0 radical (unpaired) electrons. The maximum atomic E-state index is 11.2. The number of thiazole rings is 1. The van der Waals surface area contributed by atoms with Crippen LogP contribution in [-0.4, -0.2) is 34.1 Å². The summed E-state index contributed by atoms with van der Waals surface area (Å²) in [5.74, 6) is -0.361. The van der Waals surface area contributed by atoms with Crippen LogP contribution in [-0.2, 0) is 0 Å². The van der Waals surface area contributed by atoms with E-state index >= 15 is 0 Å². The Morgan fingerprint density at radius 1 is 1.29 bits per heavy atom. The standard InChI is InChI=1S/C20H14N2O4S2/c1-26-14-5-6-15-12(10-21-16(15)9-14)8-17-18(23)22(20(27)28-17)13-4-2-3-11(7-13)19(24)25/h2-10,23H,1H3,(H,24,25)/b12-8-. The SMILES string of the molecule is COc1ccc2c(c1)N=C/C2=C/c1sc(=S)n(-c2cccc(C(=O)O)c2)c1O. The summed E-state index contributed by atoms with van der Waals surface area (Å²) in [5.41, 5.74) is 3.18. The van der Waals surface area contributed by atoms with Crippen LogP contribution in [0.15, 0.2) is 47.5 Å². The Labute approximate surface area is 169 Å². The molecule has 2 heterocycles. The van der Waals surface area contributed by atoms with Gasteiger partial charge in [-0.2, -0.15) is 0 Å². The fourth-order valence-corrected chi connectivity index (χ4v) is 4.24. The summed E-state index contributed by atoms with van der Waals surface area (Å²) < 4.78 is 7.09. The number of fused-ring (bicyclic) bond motifs is 1. The molecule has 1 aliphatic heterocycles. The summed E-state index contributed by atoms with van der Waals surface area (Å²) in [6, 6.07) is 11.9. The first kappa shape index (κ1) is 18.1. The van der Waals surface area contributed by atoms with E-state index in [1.807, 2.05) is 24.3 Å². The fraction of sp³-hybridized carbons (Fsp3) is 0.0500. The molecule has 0 aliphatic carbocycles. The quantitative estimate of drug-likeness (QED) is 0.596. The minimum Gasteiger partial charge on any atom is -0.497 e. The normalized spacial score (nSPS) is 13.7. The summed E-state index contributed by atoms with van der Waals surface area (Å²) in [5, 5.41) is 19.9. The summed E-state index contributed by atoms with van der Waals surface area (Å²) in [6.07, 6.45) is 3.54. The lowest BCUT2D eigenvalue weighted by molar-refractivity contribution is 0.0697. The van der Waals surface area contributed by atoms with Crippen molar-refractivity contribution in [2.75, 3.05) is 7.11 Å². The average molecular weight is 410 g/mol. The van der Waals surface area contributed by atoms with Crippen molar-refractivity contribution in [3.05, 3.63) is 62.4 Å². The van der Waals surface area contributed by atoms with Gasteiger partial charge in [0, 0.05) is 23.4 Å². The number of aromatic carboxylic acids is 1. The van der Waals surface area contributed by atoms with Crippen LogP contribution in [0.1, 0.15) is 20.8 Å². The van der Waals surface area contributed by atoms with Crippen LogP contribution in [0.4, 0.5) is 5.69 Å². The molecule has 0 atom stereocenters. The number of allylic oxidation sites excluding steroid dienone is 1. The lowest BCUT2D eigenvalue weighted by atomic mass is 10.1. The van der Waals surface area contributed by atoms with Gasteiger partial charge in [0.25, 0.3) is 0 Å². The van der Waals surface area contributed by atoms with E-state index in [9.17, 15) is 15.0 Å². The average Bonchev–Trinajstić information content (AvgIpc) is 3.22. The first-order valence-corrected chi connectivity index (χ1v) is 9.43. The molecule has 1 aliphatic rings. The van der Waals surface area contributed by atoms with Crippen molar-refractivity contribution in [3.63, 3.8) is 0 Å². The zero-order valence-electron chi connectivity index (χ0n) is 14.6. The lowest BCUT2D eigenvalue weighted by Crippen LogP contribution is -1.99. The van der Waals surface area contributed by atoms with E-state index in [2.05, 4.69) is 4.99 Å². The second-order valence-corrected chi connectivity index (χ2v) is 7.66. The van der Waals surface area contributed by atoms with Crippen molar-refractivity contribution in [1.29, 1.82) is 0 Å². The fourth-order valence-electron chi connectivity index (χ4n) is 2.94. The molecule has 0 fully saturated rings. The second-order valence-electron chi connectivity index (χ2n) is 5.99. The van der Waals surface area contributed by atoms with Gasteiger partial charge in [-0.05, 0) is 48.6 Å². The molecular formula is C20H14N2O4S2. The summed E-state index contributed by atoms with van der Waals surface area (Å²) in [7, 11) is 1.60. The maximum absolute atomic E-state index is 11.2. The molecule has 0 saturated heterocycles. The van der Waals surface area contributed by atoms with Crippen molar-refractivity contribution in [2.24, 2.45) is 4.99 Å². The number of carboxylic acids is 1. The number of aromatic nitrogens is 1. The van der Waals surface area contributed by atoms with Gasteiger partial charge in [0.05, 0.1) is 28.9 Å². The highest BCUT2D eigenvalue weighted by Gasteiger charge is 2.17. The predicted molar refractivity (Wildman–Crippen MR) is 112 cm³/mol. The minimum absolute atomic E-state index is 0.0413. The molecule has 140 valence electrons. The molecule has 0 amide bonds. The van der Waals surface area contributed by atoms with Crippen molar-refractivity contribution >= 4 is 53.1 Å². The molecule has 1 aromatic heterocycles. The molecule has 0 saturated carbocycles. The van der Waals surface area contributed by atoms with E-state index in [0.29, 0.717) is 14.5 Å². The van der Waals surface area contributed by atoms with Crippen LogP contribution >= 0.6 is 23.6 Å². The van der Waals surface area contributed by atoms with Crippen LogP contribution in [0.3, 0.4) is 0 Å². The van der Waals surface area contributed by atoms with Gasteiger partial charge in [-0.3, -0.25) is 9.56 Å². The molecule has 28 heavy (non-hydrogen) atoms. The molecule has 8 heteroatoms. The second kappa shape index (κ2) is 7.06. The number of aromatic hydroxyl groups is 1. The summed E-state index contributed by atoms with van der Waals surface area (Å²) >= 11 is 6.63. The Bertz CT molecular complexity index is 1220. The largest absolute Gasteiger partial charge is 0.497 e. The molecule has 2 aromatic carbocycles. The van der Waals surface area contributed by atoms with Gasteiger partial charge in [0.15, 0.2) is 3.95 Å². The van der Waals surface area contributed by atoms with E-state index in [1.165, 1.54) is 28.0 Å². The van der Waals surface area contributed by atoms with E-state index in [0.717, 1.165) is 22.6 Å². The number of carboxylic acid groups (broad SMARTS) is 1. The number of hydrogen-bond acceptors (Lipinski definition) is 6. The number of methoxy groups -OCH3 is 1. The third-order valence-corrected chi connectivity index (χ3v) is 5.62. The lowest BCUT2D eigenvalue weighted by Gasteiger charge is -2.06. The Hall–Kier alpha value is -3.23. The van der Waals surface area contributed by atoms with Gasteiger partial charge in [-0.25, -0.2) is 4.79 Å². The zero-order valence-corrected chi connectivity index (χ0v) is 16.3. The van der Waals surface area contributed by atoms with E-state index in [1.54, 1.807) is 25.5 Å². The summed E-state index contributed by atoms with van der Waals surface area (Å²) in [6.45, 7) is 0. The van der Waals surface area contributed by atoms with Crippen molar-refractivity contribution < 1.29 is 19.7 Å². The maximum Gasteiger partial charge on any atom is 0.335 e. The van der Waals surface area contributed by atoms with Crippen LogP contribution in [0.2, 0.25) is 0 Å². The number of nitrogens with zero attached hydrogens (tertiary/aromatic N) is 2. The zero-order chi connectivity index (χ0) is 19.8. The van der Waals surface area contributed by atoms with Gasteiger partial charge >= 0.3 is 5.97 Å². The highest BCUT2D eigenvalue weighted by molar-refractivity contribution is 7.73. The molecule has 6 nitrogen and oxygen atoms in total. The van der Waals surface area contributed by atoms with Crippen LogP contribution in [0.25, 0.3) is 17.3 Å². The number of ether oxygens (including phenoxy) is 1. The van der Waals surface area contributed by atoms with Crippen molar-refractivity contribution in [3.8, 4) is 17.3 Å². The van der Waals surface area contributed by atoms with Crippen molar-refractivity contribution in [2.45, 2.75) is 0 Å². The Balaban J connectivity index is 1.77. The van der Waals surface area contributed by atoms with Gasteiger partial charge < -0.3 is 14.9 Å². The van der Waals surface area contributed by atoms with Gasteiger partial charge in [0.1, 0.15) is 5.75 Å². The molecule has 0 bridgehead atoms.